The summed E-state index contributed by atoms with van der Waals surface area (Å²) in [4.78, 5) is 2.03. The third-order valence-electron chi connectivity index (χ3n) is 2.67. The maximum atomic E-state index is 12.2. The Morgan fingerprint density at radius 1 is 1.18 bits per heavy atom. The fourth-order valence-electron chi connectivity index (χ4n) is 1.50. The van der Waals surface area contributed by atoms with E-state index >= 15 is 0 Å². The van der Waals surface area contributed by atoms with Gasteiger partial charge in [0.15, 0.2) is 7.95 Å². The smallest absolute Gasteiger partial charge is 0.167 e. The molecule has 17 heavy (non-hydrogen) atoms. The summed E-state index contributed by atoms with van der Waals surface area (Å²) in [6, 6.07) is 7.91. The van der Waals surface area contributed by atoms with Gasteiger partial charge in [0.25, 0.3) is 0 Å². The van der Waals surface area contributed by atoms with E-state index in [0.29, 0.717) is 0 Å². The van der Waals surface area contributed by atoms with Gasteiger partial charge >= 0.3 is 0 Å². The molecule has 0 radical (unpaired) electrons. The van der Waals surface area contributed by atoms with Crippen LogP contribution in [0.15, 0.2) is 24.3 Å². The third-order valence-corrected chi connectivity index (χ3v) is 4.42. The van der Waals surface area contributed by atoms with E-state index in [2.05, 4.69) is 5.32 Å². The third kappa shape index (κ3) is 4.15. The average Bonchev–Trinajstić information content (AvgIpc) is 2.35. The normalized spacial score (nSPS) is 12.8. The van der Waals surface area contributed by atoms with E-state index in [-0.39, 0.29) is 0 Å². The summed E-state index contributed by atoms with van der Waals surface area (Å²) < 4.78 is 14.1. The summed E-state index contributed by atoms with van der Waals surface area (Å²) in [5.74, 6) is 0. The lowest BCUT2D eigenvalue weighted by atomic mass is 10.3. The van der Waals surface area contributed by atoms with E-state index in [1.807, 2.05) is 62.0 Å². The summed E-state index contributed by atoms with van der Waals surface area (Å²) in [6.45, 7) is 1.65. The lowest BCUT2D eigenvalue weighted by Crippen LogP contribution is -2.24. The van der Waals surface area contributed by atoms with Crippen LogP contribution in [-0.2, 0) is 4.57 Å². The molecule has 0 aliphatic heterocycles. The standard InChI is InChI=1S/C12H22N3OP/c1-13-9-10-15(4)17(16)12-7-5-11(6-8-12)14(2)3/h5-8,13,17H,9-10H2,1-4H3. The van der Waals surface area contributed by atoms with Crippen LogP contribution in [0.4, 0.5) is 5.69 Å². The van der Waals surface area contributed by atoms with Crippen LogP contribution in [0.5, 0.6) is 0 Å². The number of rotatable bonds is 6. The molecule has 96 valence electrons. The van der Waals surface area contributed by atoms with Crippen molar-refractivity contribution < 1.29 is 4.57 Å². The zero-order valence-corrected chi connectivity index (χ0v) is 12.0. The molecule has 0 saturated heterocycles. The summed E-state index contributed by atoms with van der Waals surface area (Å²) in [5, 5.41) is 3.97. The minimum absolute atomic E-state index is 0.795. The van der Waals surface area contributed by atoms with E-state index in [9.17, 15) is 4.57 Å². The second-order valence-electron chi connectivity index (χ2n) is 4.27. The Morgan fingerprint density at radius 3 is 2.24 bits per heavy atom. The van der Waals surface area contributed by atoms with Crippen molar-refractivity contribution in [2.75, 3.05) is 46.2 Å². The topological polar surface area (TPSA) is 35.6 Å². The number of nitrogens with one attached hydrogen (secondary N) is 1. The van der Waals surface area contributed by atoms with Crippen molar-refractivity contribution in [1.82, 2.24) is 9.99 Å². The quantitative estimate of drug-likeness (QED) is 0.769. The number of hydrogen-bond acceptors (Lipinski definition) is 3. The molecule has 0 amide bonds. The van der Waals surface area contributed by atoms with E-state index in [1.165, 1.54) is 0 Å². The molecule has 4 nitrogen and oxygen atoms in total. The zero-order chi connectivity index (χ0) is 12.8. The summed E-state index contributed by atoms with van der Waals surface area (Å²) >= 11 is 0. The molecule has 1 N–H and O–H groups in total. The molecule has 0 fully saturated rings. The zero-order valence-electron chi connectivity index (χ0n) is 11.0. The number of likely N-dealkylation sites (N-methyl/N-ethyl adjacent to an activating group) is 2. The first-order valence-corrected chi connectivity index (χ1v) is 7.09. The fourth-order valence-corrected chi connectivity index (χ4v) is 2.71. The van der Waals surface area contributed by atoms with E-state index in [1.54, 1.807) is 0 Å². The van der Waals surface area contributed by atoms with Gasteiger partial charge in [-0.2, -0.15) is 0 Å². The van der Waals surface area contributed by atoms with Crippen LogP contribution in [-0.4, -0.2) is 46.0 Å². The van der Waals surface area contributed by atoms with Gasteiger partial charge in [-0.05, 0) is 38.4 Å². The van der Waals surface area contributed by atoms with Crippen molar-refractivity contribution in [2.45, 2.75) is 0 Å². The first-order valence-electron chi connectivity index (χ1n) is 5.73. The van der Waals surface area contributed by atoms with Crippen molar-refractivity contribution in [3.63, 3.8) is 0 Å². The number of nitrogens with zero attached hydrogens (tertiary/aromatic N) is 2. The molecule has 0 aliphatic carbocycles. The molecule has 0 saturated carbocycles. The monoisotopic (exact) mass is 255 g/mol. The maximum Gasteiger partial charge on any atom is 0.167 e. The van der Waals surface area contributed by atoms with Gasteiger partial charge in [0.1, 0.15) is 0 Å². The Labute approximate surface area is 104 Å². The molecule has 0 aromatic heterocycles. The maximum absolute atomic E-state index is 12.2. The minimum atomic E-state index is -1.83. The average molecular weight is 255 g/mol. The van der Waals surface area contributed by atoms with Crippen LogP contribution in [0.1, 0.15) is 0 Å². The Hall–Kier alpha value is -0.830. The lowest BCUT2D eigenvalue weighted by Gasteiger charge is -2.17. The second-order valence-corrected chi connectivity index (χ2v) is 6.22. The molecular weight excluding hydrogens is 233 g/mol. The van der Waals surface area contributed by atoms with E-state index < -0.39 is 7.95 Å². The molecule has 1 unspecified atom stereocenters. The van der Waals surface area contributed by atoms with Gasteiger partial charge in [0.05, 0.1) is 0 Å². The second kappa shape index (κ2) is 6.80. The fraction of sp³-hybridized carbons (Fsp3) is 0.500. The Balaban J connectivity index is 2.69. The highest BCUT2D eigenvalue weighted by Gasteiger charge is 2.09. The Kier molecular flexibility index (Phi) is 5.69. The number of hydrogen-bond donors (Lipinski definition) is 1. The summed E-state index contributed by atoms with van der Waals surface area (Å²) in [5.41, 5.74) is 1.13. The SMILES string of the molecule is CNCCN(C)[PH](=O)c1ccc(N(C)C)cc1. The van der Waals surface area contributed by atoms with Gasteiger partial charge in [-0.3, -0.25) is 4.67 Å². The number of benzene rings is 1. The summed E-state index contributed by atoms with van der Waals surface area (Å²) in [6.07, 6.45) is 0. The predicted molar refractivity (Wildman–Crippen MR) is 76.0 cm³/mol. The predicted octanol–water partition coefficient (Wildman–Crippen LogP) is 1.00. The highest BCUT2D eigenvalue weighted by Crippen LogP contribution is 2.24. The Bertz CT molecular complexity index is 365. The van der Waals surface area contributed by atoms with Crippen LogP contribution in [0, 0.1) is 0 Å². The van der Waals surface area contributed by atoms with Gasteiger partial charge < -0.3 is 14.8 Å². The van der Waals surface area contributed by atoms with Crippen LogP contribution >= 0.6 is 7.95 Å². The van der Waals surface area contributed by atoms with Gasteiger partial charge in [0, 0.05) is 38.2 Å². The molecule has 0 aliphatic rings. The van der Waals surface area contributed by atoms with Crippen molar-refractivity contribution >= 4 is 18.9 Å². The van der Waals surface area contributed by atoms with Crippen molar-refractivity contribution in [3.05, 3.63) is 24.3 Å². The minimum Gasteiger partial charge on any atom is -0.378 e. The molecule has 1 aromatic carbocycles. The van der Waals surface area contributed by atoms with Gasteiger partial charge in [-0.1, -0.05) is 0 Å². The molecule has 5 heteroatoms. The van der Waals surface area contributed by atoms with Crippen LogP contribution in [0.25, 0.3) is 0 Å². The van der Waals surface area contributed by atoms with Gasteiger partial charge in [-0.25, -0.2) is 0 Å². The molecule has 1 aromatic rings. The van der Waals surface area contributed by atoms with E-state index in [4.69, 9.17) is 0 Å². The lowest BCUT2D eigenvalue weighted by molar-refractivity contribution is 0.488. The Morgan fingerprint density at radius 2 is 1.76 bits per heavy atom. The summed E-state index contributed by atoms with van der Waals surface area (Å²) in [7, 11) is 5.96. The molecular formula is C12H22N3OP. The van der Waals surface area contributed by atoms with Crippen molar-refractivity contribution in [1.29, 1.82) is 0 Å². The van der Waals surface area contributed by atoms with Gasteiger partial charge in [0.2, 0.25) is 0 Å². The molecule has 0 spiro atoms. The van der Waals surface area contributed by atoms with Crippen molar-refractivity contribution in [2.24, 2.45) is 0 Å². The highest BCUT2D eigenvalue weighted by molar-refractivity contribution is 7.51. The molecule has 0 heterocycles. The van der Waals surface area contributed by atoms with Crippen LogP contribution in [0.3, 0.4) is 0 Å². The largest absolute Gasteiger partial charge is 0.378 e. The van der Waals surface area contributed by atoms with Crippen LogP contribution in [0.2, 0.25) is 0 Å². The number of anilines is 1. The molecule has 1 atom stereocenters. The highest BCUT2D eigenvalue weighted by atomic mass is 31.1. The van der Waals surface area contributed by atoms with E-state index in [0.717, 1.165) is 24.1 Å². The first kappa shape index (κ1) is 14.2. The molecule has 0 bridgehead atoms. The van der Waals surface area contributed by atoms with Crippen molar-refractivity contribution in [3.8, 4) is 0 Å². The van der Waals surface area contributed by atoms with Crippen LogP contribution < -0.4 is 15.5 Å². The first-order chi connectivity index (χ1) is 8.06. The van der Waals surface area contributed by atoms with Gasteiger partial charge in [-0.15, -0.1) is 0 Å². The molecule has 1 rings (SSSR count).